The summed E-state index contributed by atoms with van der Waals surface area (Å²) in [4.78, 5) is 13.2. The molecule has 0 aliphatic rings. The molecule has 27 heavy (non-hydrogen) atoms. The molecule has 0 atom stereocenters. The van der Waals surface area contributed by atoms with Gasteiger partial charge in [-0.05, 0) is 42.8 Å². The Morgan fingerprint density at radius 1 is 1.19 bits per heavy atom. The summed E-state index contributed by atoms with van der Waals surface area (Å²) in [6.07, 6.45) is 6.01. The fraction of sp³-hybridized carbons (Fsp3) is 0.150. The van der Waals surface area contributed by atoms with Crippen molar-refractivity contribution >= 4 is 34.1 Å². The molecule has 0 saturated heterocycles. The van der Waals surface area contributed by atoms with E-state index in [9.17, 15) is 4.39 Å². The number of benzene rings is 1. The molecule has 1 aromatic carbocycles. The topological polar surface area (TPSA) is 55.6 Å². The molecule has 0 saturated carbocycles. The van der Waals surface area contributed by atoms with E-state index in [0.29, 0.717) is 10.8 Å². The molecule has 7 heteroatoms. The van der Waals surface area contributed by atoms with Gasteiger partial charge in [-0.25, -0.2) is 14.4 Å². The molecule has 1 N–H and O–H groups in total. The zero-order chi connectivity index (χ0) is 18.8. The first kappa shape index (κ1) is 17.4. The van der Waals surface area contributed by atoms with Crippen LogP contribution in [0.4, 0.5) is 15.9 Å². The third-order valence-corrected chi connectivity index (χ3v) is 4.47. The highest BCUT2D eigenvalue weighted by Crippen LogP contribution is 2.30. The molecule has 0 radical (unpaired) electrons. The summed E-state index contributed by atoms with van der Waals surface area (Å²) >= 11 is 6.44. The number of hydrogen-bond acceptors (Lipinski definition) is 4. The van der Waals surface area contributed by atoms with Crippen molar-refractivity contribution in [3.05, 3.63) is 65.8 Å². The van der Waals surface area contributed by atoms with Gasteiger partial charge in [0.1, 0.15) is 17.5 Å². The smallest absolute Gasteiger partial charge is 0.149 e. The highest BCUT2D eigenvalue weighted by molar-refractivity contribution is 6.33. The summed E-state index contributed by atoms with van der Waals surface area (Å²) in [5, 5.41) is 3.61. The van der Waals surface area contributed by atoms with Crippen molar-refractivity contribution in [3.8, 4) is 11.4 Å². The molecule has 4 aromatic rings. The van der Waals surface area contributed by atoms with Crippen molar-refractivity contribution in [3.63, 3.8) is 0 Å². The molecule has 136 valence electrons. The van der Waals surface area contributed by atoms with Gasteiger partial charge in [-0.2, -0.15) is 0 Å². The van der Waals surface area contributed by atoms with E-state index in [1.54, 1.807) is 24.7 Å². The highest BCUT2D eigenvalue weighted by atomic mass is 35.5. The summed E-state index contributed by atoms with van der Waals surface area (Å²) < 4.78 is 15.7. The average Bonchev–Trinajstić information content (AvgIpc) is 3.02. The second-order valence-corrected chi connectivity index (χ2v) is 6.55. The van der Waals surface area contributed by atoms with E-state index in [2.05, 4.69) is 27.2 Å². The third kappa shape index (κ3) is 3.48. The average molecular weight is 382 g/mol. The molecule has 0 bridgehead atoms. The van der Waals surface area contributed by atoms with Gasteiger partial charge < -0.3 is 9.88 Å². The number of halogens is 2. The van der Waals surface area contributed by atoms with E-state index < -0.39 is 0 Å². The van der Waals surface area contributed by atoms with Gasteiger partial charge in [0.15, 0.2) is 0 Å². The highest BCUT2D eigenvalue weighted by Gasteiger charge is 2.15. The van der Waals surface area contributed by atoms with E-state index >= 15 is 0 Å². The lowest BCUT2D eigenvalue weighted by Gasteiger charge is -2.10. The van der Waals surface area contributed by atoms with Crippen LogP contribution in [0.25, 0.3) is 22.4 Å². The van der Waals surface area contributed by atoms with Gasteiger partial charge in [0, 0.05) is 24.5 Å². The van der Waals surface area contributed by atoms with E-state index in [4.69, 9.17) is 11.6 Å². The zero-order valence-corrected chi connectivity index (χ0v) is 15.4. The third-order valence-electron chi connectivity index (χ3n) is 4.18. The van der Waals surface area contributed by atoms with Crippen LogP contribution in [0, 0.1) is 5.82 Å². The maximum Gasteiger partial charge on any atom is 0.149 e. The normalized spacial score (nSPS) is 11.1. The van der Waals surface area contributed by atoms with Crippen molar-refractivity contribution in [2.24, 2.45) is 0 Å². The van der Waals surface area contributed by atoms with Crippen LogP contribution in [0.3, 0.4) is 0 Å². The standard InChI is InChI=1S/C20H17ClFN5/c1-2-8-27-18-10-14(22)5-6-17(18)26-20(27)13-9-16(21)19(24-11-13)25-15-4-3-7-23-12-15/h3-7,9-12H,2,8H2,1H3,(H,24,25). The van der Waals surface area contributed by atoms with Crippen LogP contribution >= 0.6 is 11.6 Å². The number of aromatic nitrogens is 4. The SMILES string of the molecule is CCCn1c(-c2cnc(Nc3cccnc3)c(Cl)c2)nc2ccc(F)cc21. The van der Waals surface area contributed by atoms with Gasteiger partial charge in [-0.1, -0.05) is 18.5 Å². The van der Waals surface area contributed by atoms with E-state index in [1.165, 1.54) is 12.1 Å². The summed E-state index contributed by atoms with van der Waals surface area (Å²) in [5.74, 6) is 0.982. The Balaban J connectivity index is 1.75. The van der Waals surface area contributed by atoms with Gasteiger partial charge in [0.05, 0.1) is 27.9 Å². The Bertz CT molecular complexity index is 1090. The largest absolute Gasteiger partial charge is 0.338 e. The minimum Gasteiger partial charge on any atom is -0.338 e. The van der Waals surface area contributed by atoms with Crippen LogP contribution < -0.4 is 5.32 Å². The van der Waals surface area contributed by atoms with Crippen LogP contribution in [0.2, 0.25) is 5.02 Å². The molecule has 3 aromatic heterocycles. The lowest BCUT2D eigenvalue weighted by molar-refractivity contribution is 0.627. The number of pyridine rings is 2. The molecule has 4 rings (SSSR count). The molecule has 0 fully saturated rings. The zero-order valence-electron chi connectivity index (χ0n) is 14.7. The Hall–Kier alpha value is -2.99. The van der Waals surface area contributed by atoms with Crippen LogP contribution in [-0.4, -0.2) is 19.5 Å². The number of anilines is 2. The van der Waals surface area contributed by atoms with E-state index in [0.717, 1.165) is 41.1 Å². The molecule has 3 heterocycles. The van der Waals surface area contributed by atoms with Crippen LogP contribution in [-0.2, 0) is 6.54 Å². The van der Waals surface area contributed by atoms with Gasteiger partial charge in [-0.3, -0.25) is 4.98 Å². The van der Waals surface area contributed by atoms with Gasteiger partial charge >= 0.3 is 0 Å². The molecular formula is C20H17ClFN5. The van der Waals surface area contributed by atoms with Crippen molar-refractivity contribution in [1.82, 2.24) is 19.5 Å². The lowest BCUT2D eigenvalue weighted by atomic mass is 10.2. The maximum atomic E-state index is 13.7. The molecular weight excluding hydrogens is 365 g/mol. The molecule has 0 aliphatic heterocycles. The van der Waals surface area contributed by atoms with Crippen molar-refractivity contribution in [1.29, 1.82) is 0 Å². The number of rotatable bonds is 5. The number of aryl methyl sites for hydroxylation is 1. The van der Waals surface area contributed by atoms with Gasteiger partial charge in [0.25, 0.3) is 0 Å². The minimum absolute atomic E-state index is 0.279. The fourth-order valence-electron chi connectivity index (χ4n) is 2.99. The van der Waals surface area contributed by atoms with E-state index in [-0.39, 0.29) is 5.82 Å². The molecule has 0 aliphatic carbocycles. The Kier molecular flexibility index (Phi) is 4.73. The quantitative estimate of drug-likeness (QED) is 0.500. The predicted octanol–water partition coefficient (Wildman–Crippen LogP) is 5.44. The lowest BCUT2D eigenvalue weighted by Crippen LogP contribution is -2.01. The van der Waals surface area contributed by atoms with Crippen LogP contribution in [0.5, 0.6) is 0 Å². The van der Waals surface area contributed by atoms with Crippen molar-refractivity contribution in [2.75, 3.05) is 5.32 Å². The Morgan fingerprint density at radius 2 is 2.07 bits per heavy atom. The monoisotopic (exact) mass is 381 g/mol. The van der Waals surface area contributed by atoms with Gasteiger partial charge in [-0.15, -0.1) is 0 Å². The number of nitrogens with zero attached hydrogens (tertiary/aromatic N) is 4. The van der Waals surface area contributed by atoms with Crippen LogP contribution in [0.15, 0.2) is 55.0 Å². The Labute approximate surface area is 160 Å². The predicted molar refractivity (Wildman–Crippen MR) is 106 cm³/mol. The second-order valence-electron chi connectivity index (χ2n) is 6.14. The Morgan fingerprint density at radius 3 is 2.81 bits per heavy atom. The summed E-state index contributed by atoms with van der Waals surface area (Å²) in [6.45, 7) is 2.80. The molecule has 0 amide bonds. The first-order chi connectivity index (χ1) is 13.2. The molecule has 0 unspecified atom stereocenters. The van der Waals surface area contributed by atoms with Crippen LogP contribution in [0.1, 0.15) is 13.3 Å². The number of fused-ring (bicyclic) bond motifs is 1. The number of hydrogen-bond donors (Lipinski definition) is 1. The summed E-state index contributed by atoms with van der Waals surface area (Å²) in [6, 6.07) is 10.1. The van der Waals surface area contributed by atoms with Crippen molar-refractivity contribution in [2.45, 2.75) is 19.9 Å². The van der Waals surface area contributed by atoms with Gasteiger partial charge in [0.2, 0.25) is 0 Å². The maximum absolute atomic E-state index is 13.7. The minimum atomic E-state index is -0.279. The molecule has 5 nitrogen and oxygen atoms in total. The summed E-state index contributed by atoms with van der Waals surface area (Å²) in [5.41, 5.74) is 3.09. The first-order valence-corrected chi connectivity index (χ1v) is 9.02. The van der Waals surface area contributed by atoms with E-state index in [1.807, 2.05) is 22.8 Å². The first-order valence-electron chi connectivity index (χ1n) is 8.64. The fourth-order valence-corrected chi connectivity index (χ4v) is 3.21. The number of imidazole rings is 1. The second kappa shape index (κ2) is 7.32. The number of nitrogens with one attached hydrogen (secondary N) is 1. The van der Waals surface area contributed by atoms with Crippen molar-refractivity contribution < 1.29 is 4.39 Å². The molecule has 0 spiro atoms. The summed E-state index contributed by atoms with van der Waals surface area (Å²) in [7, 11) is 0.